The van der Waals surface area contributed by atoms with Crippen molar-refractivity contribution in [3.8, 4) is 11.3 Å². The summed E-state index contributed by atoms with van der Waals surface area (Å²) in [7, 11) is 0. The van der Waals surface area contributed by atoms with Gasteiger partial charge in [-0.15, -0.1) is 0 Å². The third-order valence-corrected chi connectivity index (χ3v) is 3.46. The topological polar surface area (TPSA) is 34.4 Å². The van der Waals surface area contributed by atoms with Crippen LogP contribution in [0.3, 0.4) is 0 Å². The molecule has 0 bridgehead atoms. The van der Waals surface area contributed by atoms with Crippen LogP contribution in [0.1, 0.15) is 19.1 Å². The fourth-order valence-corrected chi connectivity index (χ4v) is 2.16. The average Bonchev–Trinajstić information content (AvgIpc) is 2.92. The van der Waals surface area contributed by atoms with Crippen LogP contribution >= 0.6 is 15.9 Å². The van der Waals surface area contributed by atoms with E-state index in [9.17, 15) is 0 Å². The van der Waals surface area contributed by atoms with Gasteiger partial charge in [0, 0.05) is 23.2 Å². The SMILES string of the molecule is CCOCCCNCc1ccc(-c2ccc(Br)cc2)o1. The largest absolute Gasteiger partial charge is 0.460 e. The van der Waals surface area contributed by atoms with Gasteiger partial charge in [0.1, 0.15) is 11.5 Å². The molecule has 2 rings (SSSR count). The summed E-state index contributed by atoms with van der Waals surface area (Å²) < 4.78 is 12.2. The molecule has 1 aromatic carbocycles. The van der Waals surface area contributed by atoms with Crippen LogP contribution in [0.25, 0.3) is 11.3 Å². The smallest absolute Gasteiger partial charge is 0.134 e. The van der Waals surface area contributed by atoms with Gasteiger partial charge in [-0.2, -0.15) is 0 Å². The van der Waals surface area contributed by atoms with E-state index < -0.39 is 0 Å². The number of hydrogen-bond acceptors (Lipinski definition) is 3. The first-order chi connectivity index (χ1) is 9.79. The number of nitrogens with one attached hydrogen (secondary N) is 1. The Bertz CT molecular complexity index is 507. The lowest BCUT2D eigenvalue weighted by Gasteiger charge is -2.03. The molecule has 0 fully saturated rings. The molecule has 2 aromatic rings. The van der Waals surface area contributed by atoms with Crippen LogP contribution in [0.2, 0.25) is 0 Å². The van der Waals surface area contributed by atoms with Gasteiger partial charge in [-0.05, 0) is 44.2 Å². The summed E-state index contributed by atoms with van der Waals surface area (Å²) in [5.41, 5.74) is 1.09. The first-order valence-corrected chi connectivity index (χ1v) is 7.72. The molecule has 20 heavy (non-hydrogen) atoms. The highest BCUT2D eigenvalue weighted by molar-refractivity contribution is 9.10. The summed E-state index contributed by atoms with van der Waals surface area (Å²) >= 11 is 3.43. The lowest BCUT2D eigenvalue weighted by molar-refractivity contribution is 0.144. The standard InChI is InChI=1S/C16H20BrNO2/c1-2-19-11-3-10-18-12-15-8-9-16(20-15)13-4-6-14(17)7-5-13/h4-9,18H,2-3,10-12H2,1H3. The van der Waals surface area contributed by atoms with Crippen molar-refractivity contribution in [2.45, 2.75) is 19.9 Å². The van der Waals surface area contributed by atoms with E-state index >= 15 is 0 Å². The summed E-state index contributed by atoms with van der Waals surface area (Å²) in [5, 5.41) is 3.35. The molecule has 4 heteroatoms. The van der Waals surface area contributed by atoms with E-state index in [-0.39, 0.29) is 0 Å². The van der Waals surface area contributed by atoms with Gasteiger partial charge in [0.15, 0.2) is 0 Å². The van der Waals surface area contributed by atoms with E-state index in [4.69, 9.17) is 9.15 Å². The fraction of sp³-hybridized carbons (Fsp3) is 0.375. The van der Waals surface area contributed by atoms with E-state index in [1.54, 1.807) is 0 Å². The van der Waals surface area contributed by atoms with Crippen LogP contribution < -0.4 is 5.32 Å². The van der Waals surface area contributed by atoms with Gasteiger partial charge in [-0.1, -0.05) is 28.1 Å². The Kier molecular flexibility index (Phi) is 6.30. The molecular weight excluding hydrogens is 318 g/mol. The maximum absolute atomic E-state index is 5.83. The highest BCUT2D eigenvalue weighted by atomic mass is 79.9. The Balaban J connectivity index is 1.79. The predicted octanol–water partition coefficient (Wildman–Crippen LogP) is 4.23. The first kappa shape index (κ1) is 15.3. The fourth-order valence-electron chi connectivity index (χ4n) is 1.90. The van der Waals surface area contributed by atoms with Gasteiger partial charge in [-0.25, -0.2) is 0 Å². The lowest BCUT2D eigenvalue weighted by atomic mass is 10.2. The average molecular weight is 338 g/mol. The molecular formula is C16H20BrNO2. The van der Waals surface area contributed by atoms with Gasteiger partial charge < -0.3 is 14.5 Å². The molecule has 0 unspecified atom stereocenters. The third kappa shape index (κ3) is 4.78. The first-order valence-electron chi connectivity index (χ1n) is 6.92. The van der Waals surface area contributed by atoms with Crippen molar-refractivity contribution in [3.05, 3.63) is 46.6 Å². The van der Waals surface area contributed by atoms with E-state index in [1.807, 2.05) is 43.3 Å². The second kappa shape index (κ2) is 8.25. The van der Waals surface area contributed by atoms with Gasteiger partial charge in [0.05, 0.1) is 6.54 Å². The number of ether oxygens (including phenoxy) is 1. The maximum atomic E-state index is 5.83. The lowest BCUT2D eigenvalue weighted by Crippen LogP contribution is -2.15. The summed E-state index contributed by atoms with van der Waals surface area (Å²) in [6.07, 6.45) is 1.02. The van der Waals surface area contributed by atoms with Crippen molar-refractivity contribution in [2.24, 2.45) is 0 Å². The molecule has 1 aromatic heterocycles. The molecule has 0 atom stereocenters. The van der Waals surface area contributed by atoms with Crippen LogP contribution in [0, 0.1) is 0 Å². The van der Waals surface area contributed by atoms with Crippen molar-refractivity contribution < 1.29 is 9.15 Å². The van der Waals surface area contributed by atoms with Crippen LogP contribution in [-0.2, 0) is 11.3 Å². The van der Waals surface area contributed by atoms with Crippen molar-refractivity contribution in [1.29, 1.82) is 0 Å². The molecule has 0 saturated heterocycles. The van der Waals surface area contributed by atoms with Crippen LogP contribution in [0.15, 0.2) is 45.3 Å². The molecule has 0 amide bonds. The van der Waals surface area contributed by atoms with Crippen molar-refractivity contribution in [1.82, 2.24) is 5.32 Å². The highest BCUT2D eigenvalue weighted by Gasteiger charge is 2.04. The highest BCUT2D eigenvalue weighted by Crippen LogP contribution is 2.23. The molecule has 0 aliphatic rings. The third-order valence-electron chi connectivity index (χ3n) is 2.94. The van der Waals surface area contributed by atoms with Crippen LogP contribution in [0.4, 0.5) is 0 Å². The Hall–Kier alpha value is -1.10. The van der Waals surface area contributed by atoms with Crippen molar-refractivity contribution in [2.75, 3.05) is 19.8 Å². The van der Waals surface area contributed by atoms with E-state index in [0.717, 1.165) is 54.3 Å². The van der Waals surface area contributed by atoms with E-state index in [2.05, 4.69) is 21.2 Å². The number of benzene rings is 1. The zero-order chi connectivity index (χ0) is 14.2. The Morgan fingerprint density at radius 3 is 2.70 bits per heavy atom. The van der Waals surface area contributed by atoms with Crippen LogP contribution in [-0.4, -0.2) is 19.8 Å². The van der Waals surface area contributed by atoms with Gasteiger partial charge in [-0.3, -0.25) is 0 Å². The molecule has 0 aliphatic carbocycles. The van der Waals surface area contributed by atoms with Crippen molar-refractivity contribution >= 4 is 15.9 Å². The molecule has 3 nitrogen and oxygen atoms in total. The summed E-state index contributed by atoms with van der Waals surface area (Å²) in [4.78, 5) is 0. The molecule has 1 N–H and O–H groups in total. The second-order valence-corrected chi connectivity index (χ2v) is 5.42. The summed E-state index contributed by atoms with van der Waals surface area (Å²) in [6.45, 7) is 5.30. The second-order valence-electron chi connectivity index (χ2n) is 4.50. The minimum atomic E-state index is 0.753. The predicted molar refractivity (Wildman–Crippen MR) is 84.7 cm³/mol. The maximum Gasteiger partial charge on any atom is 0.134 e. The quantitative estimate of drug-likeness (QED) is 0.732. The van der Waals surface area contributed by atoms with Gasteiger partial charge in [0.2, 0.25) is 0 Å². The molecule has 108 valence electrons. The molecule has 0 radical (unpaired) electrons. The number of rotatable bonds is 8. The van der Waals surface area contributed by atoms with Crippen LogP contribution in [0.5, 0.6) is 0 Å². The zero-order valence-electron chi connectivity index (χ0n) is 11.7. The Morgan fingerprint density at radius 1 is 1.15 bits per heavy atom. The van der Waals surface area contributed by atoms with E-state index in [0.29, 0.717) is 0 Å². The summed E-state index contributed by atoms with van der Waals surface area (Å²) in [5.74, 6) is 1.86. The minimum absolute atomic E-state index is 0.753. The number of hydrogen-bond donors (Lipinski definition) is 1. The van der Waals surface area contributed by atoms with Gasteiger partial charge in [0.25, 0.3) is 0 Å². The molecule has 0 aliphatic heterocycles. The number of halogens is 1. The normalized spacial score (nSPS) is 10.9. The Labute approximate surface area is 128 Å². The summed E-state index contributed by atoms with van der Waals surface area (Å²) in [6, 6.07) is 12.2. The Morgan fingerprint density at radius 2 is 1.95 bits per heavy atom. The molecule has 0 saturated carbocycles. The monoisotopic (exact) mass is 337 g/mol. The zero-order valence-corrected chi connectivity index (χ0v) is 13.3. The molecule has 0 spiro atoms. The van der Waals surface area contributed by atoms with Crippen molar-refractivity contribution in [3.63, 3.8) is 0 Å². The minimum Gasteiger partial charge on any atom is -0.460 e. The molecule has 1 heterocycles. The number of furan rings is 1. The van der Waals surface area contributed by atoms with Gasteiger partial charge >= 0.3 is 0 Å². The van der Waals surface area contributed by atoms with E-state index in [1.165, 1.54) is 0 Å².